The molecule has 0 aromatic carbocycles. The fourth-order valence-electron chi connectivity index (χ4n) is 2.38. The molecule has 2 aromatic rings. The second kappa shape index (κ2) is 6.07. The second-order valence-electron chi connectivity index (χ2n) is 4.72. The molecule has 19 heavy (non-hydrogen) atoms. The zero-order chi connectivity index (χ0) is 14.0. The van der Waals surface area contributed by atoms with Crippen molar-refractivity contribution in [2.24, 2.45) is 7.05 Å². The molecule has 104 valence electrons. The summed E-state index contributed by atoms with van der Waals surface area (Å²) in [5, 5.41) is 10.9. The molecule has 0 aliphatic carbocycles. The Balaban J connectivity index is 2.29. The summed E-state index contributed by atoms with van der Waals surface area (Å²) in [4.78, 5) is 1.21. The van der Waals surface area contributed by atoms with Crippen molar-refractivity contribution < 1.29 is 0 Å². The minimum atomic E-state index is 0.263. The summed E-state index contributed by atoms with van der Waals surface area (Å²) in [6.45, 7) is 7.24. The van der Waals surface area contributed by atoms with Crippen molar-refractivity contribution in [1.29, 1.82) is 0 Å². The zero-order valence-corrected chi connectivity index (χ0v) is 13.4. The molecule has 0 aliphatic heterocycles. The highest BCUT2D eigenvalue weighted by Crippen LogP contribution is 2.31. The summed E-state index contributed by atoms with van der Waals surface area (Å²) in [6, 6.07) is 2.23. The predicted molar refractivity (Wildman–Crippen MR) is 82.1 cm³/mol. The maximum Gasteiger partial charge on any atom is 0.0629 e. The van der Waals surface area contributed by atoms with E-state index in [4.69, 9.17) is 11.6 Å². The highest BCUT2D eigenvalue weighted by molar-refractivity contribution is 7.10. The maximum absolute atomic E-state index is 6.27. The molecule has 1 unspecified atom stereocenters. The third-order valence-corrected chi connectivity index (χ3v) is 4.95. The Bertz CT molecular complexity index is 559. The van der Waals surface area contributed by atoms with Gasteiger partial charge < -0.3 is 5.32 Å². The molecule has 0 aliphatic rings. The second-order valence-corrected chi connectivity index (χ2v) is 6.08. The van der Waals surface area contributed by atoms with Crippen LogP contribution in [0, 0.1) is 13.8 Å². The van der Waals surface area contributed by atoms with E-state index in [1.54, 1.807) is 11.3 Å². The van der Waals surface area contributed by atoms with Crippen molar-refractivity contribution in [1.82, 2.24) is 15.1 Å². The van der Waals surface area contributed by atoms with E-state index in [0.717, 1.165) is 23.7 Å². The lowest BCUT2D eigenvalue weighted by Gasteiger charge is -2.17. The Labute approximate surface area is 123 Å². The molecule has 0 bridgehead atoms. The Kier molecular flexibility index (Phi) is 4.66. The number of nitrogens with zero attached hydrogens (tertiary/aromatic N) is 2. The van der Waals surface area contributed by atoms with Gasteiger partial charge in [-0.25, -0.2) is 0 Å². The summed E-state index contributed by atoms with van der Waals surface area (Å²) in [5.41, 5.74) is 3.65. The molecule has 2 aromatic heterocycles. The van der Waals surface area contributed by atoms with Gasteiger partial charge in [-0.1, -0.05) is 18.5 Å². The van der Waals surface area contributed by atoms with Gasteiger partial charge in [-0.15, -0.1) is 11.3 Å². The summed E-state index contributed by atoms with van der Waals surface area (Å²) in [7, 11) is 1.99. The highest BCUT2D eigenvalue weighted by Gasteiger charge is 2.19. The van der Waals surface area contributed by atoms with Crippen molar-refractivity contribution in [3.63, 3.8) is 0 Å². The number of hydrogen-bond acceptors (Lipinski definition) is 3. The molecule has 0 radical (unpaired) electrons. The van der Waals surface area contributed by atoms with Crippen molar-refractivity contribution in [3.05, 3.63) is 38.3 Å². The van der Waals surface area contributed by atoms with Crippen molar-refractivity contribution in [2.45, 2.75) is 33.2 Å². The third kappa shape index (κ3) is 3.02. The molecule has 1 atom stereocenters. The number of rotatable bonds is 5. The van der Waals surface area contributed by atoms with Crippen LogP contribution < -0.4 is 5.32 Å². The standard InChI is InChI=1S/C14H20ClN3S/c1-5-16-13(14-12(15)6-7-19-14)8-11-9(2)17-18(4)10(11)3/h6-7,13,16H,5,8H2,1-4H3. The summed E-state index contributed by atoms with van der Waals surface area (Å²) >= 11 is 7.98. The number of hydrogen-bond donors (Lipinski definition) is 1. The highest BCUT2D eigenvalue weighted by atomic mass is 35.5. The lowest BCUT2D eigenvalue weighted by atomic mass is 10.0. The zero-order valence-electron chi connectivity index (χ0n) is 11.8. The lowest BCUT2D eigenvalue weighted by molar-refractivity contribution is 0.555. The van der Waals surface area contributed by atoms with E-state index in [1.165, 1.54) is 16.1 Å². The lowest BCUT2D eigenvalue weighted by Crippen LogP contribution is -2.22. The first-order valence-corrected chi connectivity index (χ1v) is 7.75. The average molecular weight is 298 g/mol. The van der Waals surface area contributed by atoms with Crippen molar-refractivity contribution in [3.8, 4) is 0 Å². The van der Waals surface area contributed by atoms with Gasteiger partial charge in [-0.2, -0.15) is 5.10 Å². The van der Waals surface area contributed by atoms with E-state index in [9.17, 15) is 0 Å². The maximum atomic E-state index is 6.27. The van der Waals surface area contributed by atoms with Gasteiger partial charge in [-0.3, -0.25) is 4.68 Å². The van der Waals surface area contributed by atoms with Crippen molar-refractivity contribution in [2.75, 3.05) is 6.54 Å². The van der Waals surface area contributed by atoms with Gasteiger partial charge in [0.2, 0.25) is 0 Å². The van der Waals surface area contributed by atoms with Gasteiger partial charge in [0.1, 0.15) is 0 Å². The molecule has 0 amide bonds. The van der Waals surface area contributed by atoms with Gasteiger partial charge in [0.05, 0.1) is 10.7 Å². The Morgan fingerprint density at radius 2 is 2.21 bits per heavy atom. The number of aromatic nitrogens is 2. The van der Waals surface area contributed by atoms with Crippen molar-refractivity contribution >= 4 is 22.9 Å². The van der Waals surface area contributed by atoms with E-state index < -0.39 is 0 Å². The number of likely N-dealkylation sites (N-methyl/N-ethyl adjacent to an activating group) is 1. The van der Waals surface area contributed by atoms with E-state index >= 15 is 0 Å². The fourth-order valence-corrected chi connectivity index (χ4v) is 3.64. The van der Waals surface area contributed by atoms with Crippen LogP contribution in [0.15, 0.2) is 11.4 Å². The summed E-state index contributed by atoms with van der Waals surface area (Å²) in [5.74, 6) is 0. The largest absolute Gasteiger partial charge is 0.309 e. The molecule has 0 fully saturated rings. The van der Waals surface area contributed by atoms with E-state index in [-0.39, 0.29) is 6.04 Å². The molecule has 1 N–H and O–H groups in total. The van der Waals surface area contributed by atoms with Crippen LogP contribution in [0.3, 0.4) is 0 Å². The molecule has 0 saturated heterocycles. The first kappa shape index (κ1) is 14.6. The Morgan fingerprint density at radius 3 is 2.68 bits per heavy atom. The SMILES string of the molecule is CCNC(Cc1c(C)nn(C)c1C)c1sccc1Cl. The number of aryl methyl sites for hydroxylation is 2. The van der Waals surface area contributed by atoms with Crippen LogP contribution >= 0.6 is 22.9 Å². The van der Waals surface area contributed by atoms with Crippen LogP contribution in [0.4, 0.5) is 0 Å². The summed E-state index contributed by atoms with van der Waals surface area (Å²) in [6.07, 6.45) is 0.930. The molecule has 3 nitrogen and oxygen atoms in total. The van der Waals surface area contributed by atoms with Crippen LogP contribution in [0.5, 0.6) is 0 Å². The number of halogens is 1. The van der Waals surface area contributed by atoms with Gasteiger partial charge in [-0.05, 0) is 43.8 Å². The Morgan fingerprint density at radius 1 is 1.47 bits per heavy atom. The molecule has 5 heteroatoms. The van der Waals surface area contributed by atoms with Crippen LogP contribution in [-0.4, -0.2) is 16.3 Å². The molecule has 2 heterocycles. The van der Waals surface area contributed by atoms with E-state index in [2.05, 4.69) is 31.2 Å². The van der Waals surface area contributed by atoms with Crippen LogP contribution in [0.1, 0.15) is 34.8 Å². The van der Waals surface area contributed by atoms with E-state index in [1.807, 2.05) is 23.2 Å². The minimum Gasteiger partial charge on any atom is -0.309 e. The normalized spacial score (nSPS) is 12.9. The van der Waals surface area contributed by atoms with Gasteiger partial charge >= 0.3 is 0 Å². The molecular weight excluding hydrogens is 278 g/mol. The molecule has 2 rings (SSSR count). The molecule has 0 saturated carbocycles. The molecule has 0 spiro atoms. The van der Waals surface area contributed by atoms with Gasteiger partial charge in [0.15, 0.2) is 0 Å². The number of thiophene rings is 1. The first-order chi connectivity index (χ1) is 9.04. The van der Waals surface area contributed by atoms with Crippen LogP contribution in [0.25, 0.3) is 0 Å². The average Bonchev–Trinajstić information content (AvgIpc) is 2.88. The Hall–Kier alpha value is -0.840. The fraction of sp³-hybridized carbons (Fsp3) is 0.500. The van der Waals surface area contributed by atoms with Gasteiger partial charge in [0, 0.05) is 23.7 Å². The van der Waals surface area contributed by atoms with Crippen LogP contribution in [-0.2, 0) is 13.5 Å². The topological polar surface area (TPSA) is 29.9 Å². The van der Waals surface area contributed by atoms with E-state index in [0.29, 0.717) is 0 Å². The van der Waals surface area contributed by atoms with Crippen LogP contribution in [0.2, 0.25) is 5.02 Å². The smallest absolute Gasteiger partial charge is 0.0629 e. The first-order valence-electron chi connectivity index (χ1n) is 6.50. The quantitative estimate of drug-likeness (QED) is 0.913. The predicted octanol–water partition coefficient (Wildman–Crippen LogP) is 3.65. The molecular formula is C14H20ClN3S. The van der Waals surface area contributed by atoms with Gasteiger partial charge in [0.25, 0.3) is 0 Å². The number of nitrogens with one attached hydrogen (secondary N) is 1. The minimum absolute atomic E-state index is 0.263. The third-order valence-electron chi connectivity index (χ3n) is 3.48. The monoisotopic (exact) mass is 297 g/mol. The summed E-state index contributed by atoms with van der Waals surface area (Å²) < 4.78 is 1.95.